The lowest BCUT2D eigenvalue weighted by Gasteiger charge is -2.40. The highest BCUT2D eigenvalue weighted by molar-refractivity contribution is 4.98. The average molecular weight is 248 g/mol. The summed E-state index contributed by atoms with van der Waals surface area (Å²) >= 11 is 0. The van der Waals surface area contributed by atoms with Gasteiger partial charge >= 0.3 is 0 Å². The van der Waals surface area contributed by atoms with E-state index in [0.29, 0.717) is 0 Å². The molecule has 0 amide bonds. The summed E-state index contributed by atoms with van der Waals surface area (Å²) in [5.41, 5.74) is 0. The maximum Gasteiger partial charge on any atom is 0.117 e. The SMILES string of the molecule is c1coc(CN2CCC(N3CCCCC3)CC2)c1. The molecule has 0 spiro atoms. The van der Waals surface area contributed by atoms with Crippen LogP contribution in [0.4, 0.5) is 0 Å². The molecule has 1 aromatic rings. The van der Waals surface area contributed by atoms with Crippen LogP contribution in [0.5, 0.6) is 0 Å². The Morgan fingerprint density at radius 3 is 2.50 bits per heavy atom. The summed E-state index contributed by atoms with van der Waals surface area (Å²) in [5.74, 6) is 1.10. The zero-order chi connectivity index (χ0) is 12.2. The predicted molar refractivity (Wildman–Crippen MR) is 72.4 cm³/mol. The third-order valence-corrected chi connectivity index (χ3v) is 4.42. The van der Waals surface area contributed by atoms with Crippen LogP contribution in [0.15, 0.2) is 22.8 Å². The van der Waals surface area contributed by atoms with E-state index in [0.717, 1.165) is 18.3 Å². The van der Waals surface area contributed by atoms with Gasteiger partial charge in [0.25, 0.3) is 0 Å². The Labute approximate surface area is 110 Å². The van der Waals surface area contributed by atoms with Crippen LogP contribution in [-0.4, -0.2) is 42.0 Å². The normalized spacial score (nSPS) is 24.4. The molecule has 0 saturated carbocycles. The van der Waals surface area contributed by atoms with E-state index >= 15 is 0 Å². The lowest BCUT2D eigenvalue weighted by molar-refractivity contribution is 0.0866. The molecule has 2 aliphatic rings. The molecule has 18 heavy (non-hydrogen) atoms. The molecule has 3 heterocycles. The van der Waals surface area contributed by atoms with Crippen molar-refractivity contribution in [3.8, 4) is 0 Å². The Bertz CT molecular complexity index is 335. The lowest BCUT2D eigenvalue weighted by Crippen LogP contribution is -2.46. The van der Waals surface area contributed by atoms with Crippen molar-refractivity contribution in [3.05, 3.63) is 24.2 Å². The van der Waals surface area contributed by atoms with E-state index < -0.39 is 0 Å². The number of furan rings is 1. The van der Waals surface area contributed by atoms with Crippen molar-refractivity contribution in [3.63, 3.8) is 0 Å². The Hall–Kier alpha value is -0.800. The topological polar surface area (TPSA) is 19.6 Å². The monoisotopic (exact) mass is 248 g/mol. The van der Waals surface area contributed by atoms with Gasteiger partial charge in [0.05, 0.1) is 12.8 Å². The second kappa shape index (κ2) is 5.89. The van der Waals surface area contributed by atoms with Gasteiger partial charge in [-0.15, -0.1) is 0 Å². The van der Waals surface area contributed by atoms with Crippen LogP contribution < -0.4 is 0 Å². The van der Waals surface area contributed by atoms with Crippen molar-refractivity contribution < 1.29 is 4.42 Å². The molecule has 2 fully saturated rings. The molecule has 3 heteroatoms. The van der Waals surface area contributed by atoms with Crippen LogP contribution in [0.2, 0.25) is 0 Å². The molecule has 0 N–H and O–H groups in total. The van der Waals surface area contributed by atoms with Crippen LogP contribution in [0, 0.1) is 0 Å². The maximum absolute atomic E-state index is 5.43. The quantitative estimate of drug-likeness (QED) is 0.820. The van der Waals surface area contributed by atoms with Gasteiger partial charge in [-0.05, 0) is 50.9 Å². The number of hydrogen-bond donors (Lipinski definition) is 0. The van der Waals surface area contributed by atoms with Crippen LogP contribution >= 0.6 is 0 Å². The molecule has 3 rings (SSSR count). The van der Waals surface area contributed by atoms with Crippen molar-refractivity contribution in [2.45, 2.75) is 44.7 Å². The van der Waals surface area contributed by atoms with E-state index in [4.69, 9.17) is 4.42 Å². The summed E-state index contributed by atoms with van der Waals surface area (Å²) in [6.45, 7) is 6.11. The number of rotatable bonds is 3. The smallest absolute Gasteiger partial charge is 0.117 e. The molecule has 1 aromatic heterocycles. The van der Waals surface area contributed by atoms with E-state index in [-0.39, 0.29) is 0 Å². The Morgan fingerprint density at radius 1 is 1.06 bits per heavy atom. The van der Waals surface area contributed by atoms with Crippen molar-refractivity contribution in [1.82, 2.24) is 9.80 Å². The largest absolute Gasteiger partial charge is 0.468 e. The lowest BCUT2D eigenvalue weighted by atomic mass is 10.00. The Balaban J connectivity index is 1.45. The van der Waals surface area contributed by atoms with Crippen LogP contribution in [0.25, 0.3) is 0 Å². The fourth-order valence-electron chi connectivity index (χ4n) is 3.35. The van der Waals surface area contributed by atoms with E-state index in [1.165, 1.54) is 58.3 Å². The first kappa shape index (κ1) is 12.2. The molecule has 0 atom stereocenters. The minimum atomic E-state index is 0.846. The summed E-state index contributed by atoms with van der Waals surface area (Å²) in [6, 6.07) is 4.91. The highest BCUT2D eigenvalue weighted by Crippen LogP contribution is 2.21. The van der Waals surface area contributed by atoms with Crippen LogP contribution in [-0.2, 0) is 6.54 Å². The standard InChI is InChI=1S/C15H24N2O/c1-2-8-17(9-3-1)14-6-10-16(11-7-14)13-15-5-4-12-18-15/h4-5,12,14H,1-3,6-11,13H2. The van der Waals surface area contributed by atoms with E-state index in [1.54, 1.807) is 6.26 Å². The molecule has 0 bridgehead atoms. The van der Waals surface area contributed by atoms with Gasteiger partial charge in [-0.2, -0.15) is 0 Å². The first-order valence-electron chi connectivity index (χ1n) is 7.40. The molecule has 0 radical (unpaired) electrons. The molecular weight excluding hydrogens is 224 g/mol. The van der Waals surface area contributed by atoms with Crippen molar-refractivity contribution in [1.29, 1.82) is 0 Å². The molecule has 0 unspecified atom stereocenters. The van der Waals surface area contributed by atoms with E-state index in [2.05, 4.69) is 15.9 Å². The second-order valence-electron chi connectivity index (χ2n) is 5.68. The number of nitrogens with zero attached hydrogens (tertiary/aromatic N) is 2. The van der Waals surface area contributed by atoms with Crippen LogP contribution in [0.3, 0.4) is 0 Å². The summed E-state index contributed by atoms with van der Waals surface area (Å²) in [4.78, 5) is 5.26. The average Bonchev–Trinajstić information content (AvgIpc) is 2.94. The van der Waals surface area contributed by atoms with Gasteiger partial charge in [-0.3, -0.25) is 4.90 Å². The molecular formula is C15H24N2O. The van der Waals surface area contributed by atoms with Gasteiger partial charge in [0.1, 0.15) is 5.76 Å². The maximum atomic E-state index is 5.43. The van der Waals surface area contributed by atoms with Gasteiger partial charge in [-0.1, -0.05) is 6.42 Å². The van der Waals surface area contributed by atoms with E-state index in [1.807, 2.05) is 6.07 Å². The molecule has 0 aliphatic carbocycles. The number of hydrogen-bond acceptors (Lipinski definition) is 3. The Kier molecular flexibility index (Phi) is 4.01. The predicted octanol–water partition coefficient (Wildman–Crippen LogP) is 2.73. The van der Waals surface area contributed by atoms with Gasteiger partial charge in [0, 0.05) is 19.1 Å². The van der Waals surface area contributed by atoms with Crippen molar-refractivity contribution in [2.24, 2.45) is 0 Å². The first-order valence-corrected chi connectivity index (χ1v) is 7.40. The highest BCUT2D eigenvalue weighted by Gasteiger charge is 2.25. The van der Waals surface area contributed by atoms with Gasteiger partial charge in [0.2, 0.25) is 0 Å². The third-order valence-electron chi connectivity index (χ3n) is 4.42. The molecule has 3 nitrogen and oxygen atoms in total. The first-order chi connectivity index (χ1) is 8.92. The summed E-state index contributed by atoms with van der Waals surface area (Å²) in [7, 11) is 0. The molecule has 2 saturated heterocycles. The summed E-state index contributed by atoms with van der Waals surface area (Å²) in [5, 5.41) is 0. The van der Waals surface area contributed by atoms with Crippen molar-refractivity contribution >= 4 is 0 Å². The number of likely N-dealkylation sites (tertiary alicyclic amines) is 2. The van der Waals surface area contributed by atoms with Gasteiger partial charge in [0.15, 0.2) is 0 Å². The molecule has 2 aliphatic heterocycles. The minimum Gasteiger partial charge on any atom is -0.468 e. The van der Waals surface area contributed by atoms with Crippen molar-refractivity contribution in [2.75, 3.05) is 26.2 Å². The molecule has 0 aromatic carbocycles. The Morgan fingerprint density at radius 2 is 1.83 bits per heavy atom. The number of piperidine rings is 2. The highest BCUT2D eigenvalue weighted by atomic mass is 16.3. The summed E-state index contributed by atoms with van der Waals surface area (Å²) in [6.07, 6.45) is 8.70. The fourth-order valence-corrected chi connectivity index (χ4v) is 3.35. The zero-order valence-electron chi connectivity index (χ0n) is 11.2. The van der Waals surface area contributed by atoms with Gasteiger partial charge < -0.3 is 9.32 Å². The zero-order valence-corrected chi connectivity index (χ0v) is 11.2. The summed E-state index contributed by atoms with van der Waals surface area (Å²) < 4.78 is 5.43. The van der Waals surface area contributed by atoms with Crippen LogP contribution in [0.1, 0.15) is 37.9 Å². The third kappa shape index (κ3) is 2.96. The van der Waals surface area contributed by atoms with E-state index in [9.17, 15) is 0 Å². The minimum absolute atomic E-state index is 0.846. The molecule has 100 valence electrons. The fraction of sp³-hybridized carbons (Fsp3) is 0.733. The van der Waals surface area contributed by atoms with Gasteiger partial charge in [-0.25, -0.2) is 0 Å². The second-order valence-corrected chi connectivity index (χ2v) is 5.68.